The van der Waals surface area contributed by atoms with Gasteiger partial charge in [0.2, 0.25) is 10.0 Å². The van der Waals surface area contributed by atoms with Crippen LogP contribution in [0.3, 0.4) is 0 Å². The van der Waals surface area contributed by atoms with Crippen LogP contribution < -0.4 is 14.8 Å². The zero-order valence-corrected chi connectivity index (χ0v) is 21.4. The molecular weight excluding hydrogens is 480 g/mol. The summed E-state index contributed by atoms with van der Waals surface area (Å²) in [5.41, 5.74) is 0.778. The molecule has 0 saturated heterocycles. The summed E-state index contributed by atoms with van der Waals surface area (Å²) in [7, 11) is -3.81. The molecule has 3 aliphatic rings. The maximum Gasteiger partial charge on any atom is 0.270 e. The maximum atomic E-state index is 13.4. The molecule has 2 aliphatic carbocycles. The highest BCUT2D eigenvalue weighted by Crippen LogP contribution is 2.40. The van der Waals surface area contributed by atoms with Crippen molar-refractivity contribution in [2.45, 2.75) is 75.6 Å². The van der Waals surface area contributed by atoms with Gasteiger partial charge < -0.3 is 10.1 Å². The van der Waals surface area contributed by atoms with Crippen LogP contribution in [0.2, 0.25) is 0 Å². The monoisotopic (exact) mass is 512 g/mol. The molecule has 0 spiro atoms. The van der Waals surface area contributed by atoms with Crippen LogP contribution in [0.4, 0.5) is 0 Å². The number of nitrogens with one attached hydrogen (secondary N) is 2. The highest BCUT2D eigenvalue weighted by atomic mass is 32.2. The minimum absolute atomic E-state index is 0.197. The van der Waals surface area contributed by atoms with Gasteiger partial charge in [0.15, 0.2) is 0 Å². The molecule has 2 fully saturated rings. The highest BCUT2D eigenvalue weighted by Gasteiger charge is 2.43. The van der Waals surface area contributed by atoms with E-state index in [0.29, 0.717) is 36.8 Å². The third kappa shape index (κ3) is 5.04. The summed E-state index contributed by atoms with van der Waals surface area (Å²) in [6, 6.07) is 9.68. The second kappa shape index (κ2) is 9.38. The van der Waals surface area contributed by atoms with E-state index in [4.69, 9.17) is 4.74 Å². The summed E-state index contributed by atoms with van der Waals surface area (Å²) in [5, 5.41) is 7.03. The quantitative estimate of drug-likeness (QED) is 0.373. The van der Waals surface area contributed by atoms with Crippen LogP contribution in [-0.2, 0) is 25.2 Å². The Labute approximate surface area is 211 Å². The number of sulfonamides is 1. The fraction of sp³-hybridized carbons (Fsp3) is 0.500. The number of unbranched alkanes of at least 4 members (excludes halogenated alkanes) is 1. The van der Waals surface area contributed by atoms with E-state index in [1.165, 1.54) is 0 Å². The minimum atomic E-state index is -3.81. The van der Waals surface area contributed by atoms with Gasteiger partial charge in [-0.15, -0.1) is 0 Å². The van der Waals surface area contributed by atoms with E-state index < -0.39 is 32.6 Å². The van der Waals surface area contributed by atoms with Crippen molar-refractivity contribution < 1.29 is 22.7 Å². The van der Waals surface area contributed by atoms with Gasteiger partial charge >= 0.3 is 0 Å². The van der Waals surface area contributed by atoms with Gasteiger partial charge in [-0.1, -0.05) is 25.5 Å². The molecule has 0 radical (unpaired) electrons. The second-order valence-electron chi connectivity index (χ2n) is 10.1. The van der Waals surface area contributed by atoms with Crippen molar-refractivity contribution in [2.24, 2.45) is 0 Å². The Bertz CT molecular complexity index is 1310. The van der Waals surface area contributed by atoms with E-state index in [-0.39, 0.29) is 12.0 Å². The summed E-state index contributed by atoms with van der Waals surface area (Å²) in [4.78, 5) is 26.5. The van der Waals surface area contributed by atoms with Crippen LogP contribution in [0.25, 0.3) is 5.57 Å². The van der Waals surface area contributed by atoms with Crippen LogP contribution in [-0.4, -0.2) is 41.9 Å². The Morgan fingerprint density at radius 2 is 1.92 bits per heavy atom. The first-order valence-corrected chi connectivity index (χ1v) is 14.2. The van der Waals surface area contributed by atoms with Crippen LogP contribution >= 0.6 is 0 Å². The molecule has 2 amide bonds. The number of benzene rings is 1. The zero-order valence-electron chi connectivity index (χ0n) is 20.6. The number of ether oxygens (including phenoxy) is 1. The van der Waals surface area contributed by atoms with Crippen molar-refractivity contribution in [1.29, 1.82) is 0 Å². The van der Waals surface area contributed by atoms with E-state index in [0.717, 1.165) is 37.0 Å². The Morgan fingerprint density at radius 1 is 1.19 bits per heavy atom. The number of rotatable bonds is 10. The molecule has 2 N–H and O–H groups in total. The Morgan fingerprint density at radius 3 is 2.56 bits per heavy atom. The van der Waals surface area contributed by atoms with Gasteiger partial charge in [0.25, 0.3) is 11.8 Å². The minimum Gasteiger partial charge on any atom is -0.494 e. The lowest BCUT2D eigenvalue weighted by Crippen LogP contribution is -2.51. The van der Waals surface area contributed by atoms with E-state index in [2.05, 4.69) is 22.1 Å². The molecule has 0 bridgehead atoms. The van der Waals surface area contributed by atoms with Crippen molar-refractivity contribution in [3.63, 3.8) is 0 Å². The summed E-state index contributed by atoms with van der Waals surface area (Å²) in [6.07, 6.45) is 7.26. The lowest BCUT2D eigenvalue weighted by Gasteiger charge is -2.37. The predicted octanol–water partition coefficient (Wildman–Crippen LogP) is 3.19. The van der Waals surface area contributed by atoms with E-state index >= 15 is 0 Å². The van der Waals surface area contributed by atoms with Crippen LogP contribution in [0.5, 0.6) is 5.75 Å². The Balaban J connectivity index is 1.47. The summed E-state index contributed by atoms with van der Waals surface area (Å²) >= 11 is 0. The first-order chi connectivity index (χ1) is 17.2. The van der Waals surface area contributed by atoms with Crippen LogP contribution in [0, 0.1) is 0 Å². The average Bonchev–Trinajstić information content (AvgIpc) is 3.77. The second-order valence-corrected chi connectivity index (χ2v) is 12.1. The predicted molar refractivity (Wildman–Crippen MR) is 134 cm³/mol. The molecule has 9 nitrogen and oxygen atoms in total. The fourth-order valence-electron chi connectivity index (χ4n) is 4.51. The molecular formula is C26H32N4O5S. The van der Waals surface area contributed by atoms with E-state index in [1.807, 2.05) is 42.1 Å². The third-order valence-corrected chi connectivity index (χ3v) is 8.79. The molecule has 1 atom stereocenters. The Kier molecular flexibility index (Phi) is 6.40. The molecule has 5 rings (SSSR count). The highest BCUT2D eigenvalue weighted by molar-refractivity contribution is 7.91. The number of carbonyl (C=O) groups is 2. The molecule has 192 valence electrons. The van der Waals surface area contributed by atoms with E-state index in [1.54, 1.807) is 6.07 Å². The van der Waals surface area contributed by atoms with Gasteiger partial charge in [-0.05, 0) is 62.8 Å². The molecule has 2 heterocycles. The molecule has 1 aliphatic heterocycles. The average molecular weight is 513 g/mol. The van der Waals surface area contributed by atoms with Gasteiger partial charge in [0.05, 0.1) is 29.1 Å². The van der Waals surface area contributed by atoms with Gasteiger partial charge in [0, 0.05) is 18.2 Å². The van der Waals surface area contributed by atoms with Gasteiger partial charge in [-0.3, -0.25) is 14.3 Å². The lowest BCUT2D eigenvalue weighted by atomic mass is 9.79. The molecule has 10 heteroatoms. The van der Waals surface area contributed by atoms with Crippen molar-refractivity contribution in [1.82, 2.24) is 19.8 Å². The van der Waals surface area contributed by atoms with Gasteiger partial charge in [-0.2, -0.15) is 5.10 Å². The third-order valence-electron chi connectivity index (χ3n) is 6.97. The summed E-state index contributed by atoms with van der Waals surface area (Å²) in [6.45, 7) is 4.64. The summed E-state index contributed by atoms with van der Waals surface area (Å²) < 4.78 is 34.6. The molecule has 36 heavy (non-hydrogen) atoms. The first kappa shape index (κ1) is 24.5. The number of nitrogens with zero attached hydrogens (tertiary/aromatic N) is 2. The lowest BCUT2D eigenvalue weighted by molar-refractivity contribution is -0.124. The van der Waals surface area contributed by atoms with E-state index in [9.17, 15) is 18.0 Å². The molecule has 0 unspecified atom stereocenters. The number of aromatic nitrogens is 2. The zero-order chi connectivity index (χ0) is 25.5. The van der Waals surface area contributed by atoms with Crippen LogP contribution in [0.15, 0.2) is 42.1 Å². The largest absolute Gasteiger partial charge is 0.494 e. The Hall–Kier alpha value is -3.14. The summed E-state index contributed by atoms with van der Waals surface area (Å²) in [5.74, 6) is -0.772. The normalized spacial score (nSPS) is 22.3. The number of hydrogen-bond acceptors (Lipinski definition) is 6. The van der Waals surface area contributed by atoms with Crippen molar-refractivity contribution in [2.75, 3.05) is 6.61 Å². The van der Waals surface area contributed by atoms with Crippen molar-refractivity contribution >= 4 is 27.4 Å². The fourth-order valence-corrected chi connectivity index (χ4v) is 5.79. The standard InChI is InChI=1S/C26H32N4O5S/c1-3-4-15-35-19-9-5-17(6-10-19)26(2)16-21(22-13-14-30(28-22)18-7-8-18)23(24(31)27-26)25(32)29-36(33,34)20-11-12-20/h5-6,9-10,13-14,18,20H,3-4,7-8,11-12,15-16H2,1-2H3,(H,27,31)(H,29,32)/t26-/m0/s1. The number of hydrogen-bond donors (Lipinski definition) is 2. The van der Waals surface area contributed by atoms with Gasteiger partial charge in [0.1, 0.15) is 11.3 Å². The van der Waals surface area contributed by atoms with Crippen molar-refractivity contribution in [3.05, 3.63) is 53.4 Å². The number of amides is 2. The topological polar surface area (TPSA) is 119 Å². The molecule has 2 aromatic rings. The number of carbonyl (C=O) groups excluding carboxylic acids is 2. The molecule has 1 aromatic heterocycles. The molecule has 1 aromatic carbocycles. The van der Waals surface area contributed by atoms with Crippen LogP contribution in [0.1, 0.15) is 76.1 Å². The molecule has 2 saturated carbocycles. The van der Waals surface area contributed by atoms with Gasteiger partial charge in [-0.25, -0.2) is 13.1 Å². The first-order valence-electron chi connectivity index (χ1n) is 12.6. The smallest absolute Gasteiger partial charge is 0.270 e. The maximum absolute atomic E-state index is 13.4. The SMILES string of the molecule is CCCCOc1ccc([C@]2(C)CC(c3ccn(C4CC4)n3)=C(C(=O)NS(=O)(=O)C3CC3)C(=O)N2)cc1. The van der Waals surface area contributed by atoms with Crippen molar-refractivity contribution in [3.8, 4) is 5.75 Å².